The fourth-order valence-electron chi connectivity index (χ4n) is 2.48. The van der Waals surface area contributed by atoms with E-state index in [4.69, 9.17) is 8.83 Å². The van der Waals surface area contributed by atoms with Gasteiger partial charge < -0.3 is 19.5 Å². The minimum absolute atomic E-state index is 0.0691. The van der Waals surface area contributed by atoms with Crippen LogP contribution < -0.4 is 10.6 Å². The number of rotatable bonds is 8. The molecule has 0 saturated heterocycles. The molecule has 2 amide bonds. The summed E-state index contributed by atoms with van der Waals surface area (Å²) in [4.78, 5) is 26.7. The minimum atomic E-state index is -0.656. The molecule has 2 aromatic rings. The molecular formula is C18H25N3O4. The first kappa shape index (κ1) is 18.8. The molecule has 0 spiro atoms. The summed E-state index contributed by atoms with van der Waals surface area (Å²) in [7, 11) is 3.83. The first-order valence-corrected chi connectivity index (χ1v) is 8.22. The molecule has 7 heteroatoms. The summed E-state index contributed by atoms with van der Waals surface area (Å²) in [6, 6.07) is 6.13. The van der Waals surface area contributed by atoms with Crippen LogP contribution in [0.3, 0.4) is 0 Å². The van der Waals surface area contributed by atoms with Crippen LogP contribution in [0.2, 0.25) is 0 Å². The molecule has 2 atom stereocenters. The Hall–Kier alpha value is -2.54. The summed E-state index contributed by atoms with van der Waals surface area (Å²) in [6.07, 6.45) is 3.03. The molecule has 25 heavy (non-hydrogen) atoms. The van der Waals surface area contributed by atoms with E-state index in [-0.39, 0.29) is 23.6 Å². The van der Waals surface area contributed by atoms with Gasteiger partial charge in [0.25, 0.3) is 5.91 Å². The number of hydrogen-bond donors (Lipinski definition) is 2. The van der Waals surface area contributed by atoms with Gasteiger partial charge in [-0.3, -0.25) is 14.5 Å². The van der Waals surface area contributed by atoms with E-state index >= 15 is 0 Å². The maximum absolute atomic E-state index is 12.6. The Balaban J connectivity index is 1.99. The van der Waals surface area contributed by atoms with Gasteiger partial charge in [-0.1, -0.05) is 13.8 Å². The highest BCUT2D eigenvalue weighted by Crippen LogP contribution is 2.17. The van der Waals surface area contributed by atoms with Crippen LogP contribution >= 0.6 is 0 Å². The minimum Gasteiger partial charge on any atom is -0.468 e. The predicted molar refractivity (Wildman–Crippen MR) is 92.9 cm³/mol. The standard InChI is InChI=1S/C18H25N3O4/c1-12(2)16(20-17(22)15-8-6-10-25-15)18(23)19-11-13(21(3)4)14-7-5-9-24-14/h5-10,12-13,16H,11H2,1-4H3,(H,19,23)(H,20,22)/t13-,16-/m1/s1. The van der Waals surface area contributed by atoms with Crippen molar-refractivity contribution in [3.63, 3.8) is 0 Å². The summed E-state index contributed by atoms with van der Waals surface area (Å²) in [5.41, 5.74) is 0. The van der Waals surface area contributed by atoms with Crippen LogP contribution in [0.4, 0.5) is 0 Å². The molecule has 2 N–H and O–H groups in total. The van der Waals surface area contributed by atoms with E-state index in [1.807, 2.05) is 45.0 Å². The topological polar surface area (TPSA) is 87.7 Å². The zero-order valence-corrected chi connectivity index (χ0v) is 15.0. The number of furan rings is 2. The third-order valence-electron chi connectivity index (χ3n) is 3.95. The number of hydrogen-bond acceptors (Lipinski definition) is 5. The number of likely N-dealkylation sites (N-methyl/N-ethyl adjacent to an activating group) is 1. The van der Waals surface area contributed by atoms with Gasteiger partial charge in [-0.05, 0) is 44.3 Å². The van der Waals surface area contributed by atoms with Crippen LogP contribution in [-0.2, 0) is 4.79 Å². The number of carbonyl (C=O) groups is 2. The Labute approximate surface area is 147 Å². The average molecular weight is 347 g/mol. The highest BCUT2D eigenvalue weighted by Gasteiger charge is 2.27. The molecule has 2 aromatic heterocycles. The monoisotopic (exact) mass is 347 g/mol. The van der Waals surface area contributed by atoms with Gasteiger partial charge in [0.1, 0.15) is 11.8 Å². The van der Waals surface area contributed by atoms with Gasteiger partial charge >= 0.3 is 0 Å². The SMILES string of the molecule is CC(C)[C@@H](NC(=O)c1ccco1)C(=O)NC[C@H](c1ccco1)N(C)C. The van der Waals surface area contributed by atoms with Crippen molar-refractivity contribution in [2.75, 3.05) is 20.6 Å². The van der Waals surface area contributed by atoms with E-state index in [0.717, 1.165) is 5.76 Å². The number of nitrogens with zero attached hydrogens (tertiary/aromatic N) is 1. The number of carbonyl (C=O) groups excluding carboxylic acids is 2. The van der Waals surface area contributed by atoms with Gasteiger partial charge in [0.2, 0.25) is 5.91 Å². The molecular weight excluding hydrogens is 322 g/mol. The molecule has 136 valence electrons. The Bertz CT molecular complexity index is 663. The van der Waals surface area contributed by atoms with E-state index in [2.05, 4.69) is 10.6 Å². The molecule has 0 radical (unpaired) electrons. The highest BCUT2D eigenvalue weighted by atomic mass is 16.3. The summed E-state index contributed by atoms with van der Waals surface area (Å²) in [5.74, 6) is 0.230. The molecule has 7 nitrogen and oxygen atoms in total. The van der Waals surface area contributed by atoms with Crippen molar-refractivity contribution in [1.82, 2.24) is 15.5 Å². The summed E-state index contributed by atoms with van der Waals surface area (Å²) in [5, 5.41) is 5.62. The van der Waals surface area contributed by atoms with Crippen molar-refractivity contribution in [3.05, 3.63) is 48.3 Å². The van der Waals surface area contributed by atoms with Crippen LogP contribution in [0, 0.1) is 5.92 Å². The summed E-state index contributed by atoms with van der Waals surface area (Å²) >= 11 is 0. The molecule has 0 fully saturated rings. The third kappa shape index (κ3) is 4.96. The van der Waals surface area contributed by atoms with E-state index in [0.29, 0.717) is 6.54 Å². The van der Waals surface area contributed by atoms with E-state index in [9.17, 15) is 9.59 Å². The van der Waals surface area contributed by atoms with Gasteiger partial charge in [-0.2, -0.15) is 0 Å². The van der Waals surface area contributed by atoms with Gasteiger partial charge in [0.05, 0.1) is 18.6 Å². The lowest BCUT2D eigenvalue weighted by Crippen LogP contribution is -2.50. The quantitative estimate of drug-likeness (QED) is 0.763. The van der Waals surface area contributed by atoms with Gasteiger partial charge in [-0.25, -0.2) is 0 Å². The van der Waals surface area contributed by atoms with Crippen molar-refractivity contribution < 1.29 is 18.4 Å². The number of amides is 2. The molecule has 0 saturated carbocycles. The summed E-state index contributed by atoms with van der Waals surface area (Å²) < 4.78 is 10.5. The largest absolute Gasteiger partial charge is 0.468 e. The Morgan fingerprint density at radius 1 is 1.12 bits per heavy atom. The van der Waals surface area contributed by atoms with Gasteiger partial charge in [0, 0.05) is 6.54 Å². The average Bonchev–Trinajstić information content (AvgIpc) is 3.25. The molecule has 0 bridgehead atoms. The maximum atomic E-state index is 12.6. The van der Waals surface area contributed by atoms with Crippen LogP contribution in [-0.4, -0.2) is 43.4 Å². The number of nitrogens with one attached hydrogen (secondary N) is 2. The highest BCUT2D eigenvalue weighted by molar-refractivity contribution is 5.95. The normalized spacial score (nSPS) is 13.7. The molecule has 2 rings (SSSR count). The second-order valence-electron chi connectivity index (χ2n) is 6.41. The Morgan fingerprint density at radius 2 is 1.80 bits per heavy atom. The Kier molecular flexibility index (Phi) is 6.41. The second-order valence-corrected chi connectivity index (χ2v) is 6.41. The molecule has 0 aliphatic heterocycles. The van der Waals surface area contributed by atoms with Crippen molar-refractivity contribution in [2.45, 2.75) is 25.9 Å². The lowest BCUT2D eigenvalue weighted by atomic mass is 10.0. The second kappa shape index (κ2) is 8.53. The fourth-order valence-corrected chi connectivity index (χ4v) is 2.48. The first-order valence-electron chi connectivity index (χ1n) is 8.22. The summed E-state index contributed by atoms with van der Waals surface area (Å²) in [6.45, 7) is 4.13. The van der Waals surface area contributed by atoms with E-state index in [1.165, 1.54) is 6.26 Å². The molecule has 2 heterocycles. The van der Waals surface area contributed by atoms with Crippen molar-refractivity contribution >= 4 is 11.8 Å². The lowest BCUT2D eigenvalue weighted by Gasteiger charge is -2.25. The van der Waals surface area contributed by atoms with Crippen molar-refractivity contribution in [2.24, 2.45) is 5.92 Å². The van der Waals surface area contributed by atoms with Gasteiger partial charge in [-0.15, -0.1) is 0 Å². The predicted octanol–water partition coefficient (Wildman–Crippen LogP) is 2.05. The molecule has 0 aliphatic carbocycles. The van der Waals surface area contributed by atoms with Crippen molar-refractivity contribution in [3.8, 4) is 0 Å². The third-order valence-corrected chi connectivity index (χ3v) is 3.95. The van der Waals surface area contributed by atoms with E-state index < -0.39 is 11.9 Å². The lowest BCUT2D eigenvalue weighted by molar-refractivity contribution is -0.124. The molecule has 0 aromatic carbocycles. The first-order chi connectivity index (χ1) is 11.9. The zero-order valence-electron chi connectivity index (χ0n) is 15.0. The van der Waals surface area contributed by atoms with E-state index in [1.54, 1.807) is 18.4 Å². The smallest absolute Gasteiger partial charge is 0.287 e. The molecule has 0 aliphatic rings. The zero-order chi connectivity index (χ0) is 18.4. The van der Waals surface area contributed by atoms with Crippen molar-refractivity contribution in [1.29, 1.82) is 0 Å². The van der Waals surface area contributed by atoms with Crippen LogP contribution in [0.15, 0.2) is 45.6 Å². The van der Waals surface area contributed by atoms with Crippen LogP contribution in [0.1, 0.15) is 36.2 Å². The van der Waals surface area contributed by atoms with Crippen LogP contribution in [0.25, 0.3) is 0 Å². The Morgan fingerprint density at radius 3 is 2.32 bits per heavy atom. The fraction of sp³-hybridized carbons (Fsp3) is 0.444. The van der Waals surface area contributed by atoms with Gasteiger partial charge in [0.15, 0.2) is 5.76 Å². The van der Waals surface area contributed by atoms with Crippen LogP contribution in [0.5, 0.6) is 0 Å². The maximum Gasteiger partial charge on any atom is 0.287 e. The molecule has 0 unspecified atom stereocenters.